The summed E-state index contributed by atoms with van der Waals surface area (Å²) in [6.07, 6.45) is 1.54. The van der Waals surface area contributed by atoms with E-state index in [1.807, 2.05) is 30.3 Å². The molecule has 134 valence electrons. The van der Waals surface area contributed by atoms with E-state index in [1.165, 1.54) is 11.5 Å². The lowest BCUT2D eigenvalue weighted by Crippen LogP contribution is -2.22. The van der Waals surface area contributed by atoms with Gasteiger partial charge in [-0.1, -0.05) is 18.2 Å². The number of hydrogen-bond acceptors (Lipinski definition) is 4. The third-order valence-electron chi connectivity index (χ3n) is 4.22. The summed E-state index contributed by atoms with van der Waals surface area (Å²) in [7, 11) is 0. The Kier molecular flexibility index (Phi) is 4.04. The van der Waals surface area contributed by atoms with Gasteiger partial charge in [0.2, 0.25) is 5.91 Å². The smallest absolute Gasteiger partial charge is 0.269 e. The molecule has 0 saturated carbocycles. The highest BCUT2D eigenvalue weighted by Gasteiger charge is 2.15. The fourth-order valence-electron chi connectivity index (χ4n) is 3.03. The van der Waals surface area contributed by atoms with Crippen LogP contribution in [0.25, 0.3) is 22.4 Å². The lowest BCUT2D eigenvalue weighted by Gasteiger charge is -2.11. The summed E-state index contributed by atoms with van der Waals surface area (Å²) >= 11 is 0. The molecular weight excluding hydrogens is 342 g/mol. The highest BCUT2D eigenvalue weighted by Crippen LogP contribution is 2.17. The molecule has 0 atom stereocenters. The second kappa shape index (κ2) is 6.53. The van der Waals surface area contributed by atoms with Crippen LogP contribution in [0.1, 0.15) is 12.7 Å². The van der Waals surface area contributed by atoms with Gasteiger partial charge in [-0.25, -0.2) is 9.67 Å². The number of benzene rings is 2. The number of fused-ring (bicyclic) bond motifs is 1. The van der Waals surface area contributed by atoms with Crippen molar-refractivity contribution in [1.29, 1.82) is 0 Å². The zero-order valence-electron chi connectivity index (χ0n) is 14.9. The van der Waals surface area contributed by atoms with E-state index in [0.717, 1.165) is 5.69 Å². The molecular formula is C20H17N5O2. The van der Waals surface area contributed by atoms with E-state index < -0.39 is 0 Å². The first-order valence-corrected chi connectivity index (χ1v) is 8.45. The predicted molar refractivity (Wildman–Crippen MR) is 104 cm³/mol. The average Bonchev–Trinajstić information content (AvgIpc) is 3.07. The van der Waals surface area contributed by atoms with Crippen LogP contribution < -0.4 is 10.9 Å². The van der Waals surface area contributed by atoms with Gasteiger partial charge >= 0.3 is 0 Å². The van der Waals surface area contributed by atoms with Crippen molar-refractivity contribution in [2.45, 2.75) is 13.8 Å². The molecule has 2 aromatic carbocycles. The molecule has 0 aliphatic carbocycles. The molecule has 27 heavy (non-hydrogen) atoms. The minimum Gasteiger partial charge on any atom is -0.326 e. The summed E-state index contributed by atoms with van der Waals surface area (Å²) in [6.45, 7) is 3.23. The van der Waals surface area contributed by atoms with Gasteiger partial charge in [-0.05, 0) is 43.3 Å². The minimum atomic E-state index is -0.188. The molecule has 4 aromatic rings. The first kappa shape index (κ1) is 16.7. The van der Waals surface area contributed by atoms with Gasteiger partial charge < -0.3 is 5.32 Å². The Morgan fingerprint density at radius 1 is 1.00 bits per heavy atom. The van der Waals surface area contributed by atoms with Crippen LogP contribution in [-0.2, 0) is 4.79 Å². The standard InChI is InChI=1S/C20H17N5O2/c1-13-22-19-18(12-21-25(19)17-6-4-3-5-7-17)20(27)24(13)16-10-8-15(9-11-16)23-14(2)26/h3-12H,1-2H3,(H,23,26). The lowest BCUT2D eigenvalue weighted by molar-refractivity contribution is -0.114. The van der Waals surface area contributed by atoms with E-state index in [-0.39, 0.29) is 11.5 Å². The van der Waals surface area contributed by atoms with Gasteiger partial charge in [0.25, 0.3) is 5.56 Å². The SMILES string of the molecule is CC(=O)Nc1ccc(-n2c(C)nc3c(cnn3-c3ccccc3)c2=O)cc1. The van der Waals surface area contributed by atoms with Gasteiger partial charge in [0.05, 0.1) is 17.6 Å². The Labute approximate surface area is 154 Å². The summed E-state index contributed by atoms with van der Waals surface area (Å²) in [5, 5.41) is 7.49. The highest BCUT2D eigenvalue weighted by atomic mass is 16.1. The number of nitrogens with zero attached hydrogens (tertiary/aromatic N) is 4. The highest BCUT2D eigenvalue weighted by molar-refractivity contribution is 5.88. The molecule has 1 N–H and O–H groups in total. The number of amides is 1. The fraction of sp³-hybridized carbons (Fsp3) is 0.100. The molecule has 0 bridgehead atoms. The number of hydrogen-bond donors (Lipinski definition) is 1. The van der Waals surface area contributed by atoms with Crippen molar-refractivity contribution < 1.29 is 4.79 Å². The first-order valence-electron chi connectivity index (χ1n) is 8.45. The fourth-order valence-corrected chi connectivity index (χ4v) is 3.03. The molecule has 2 heterocycles. The van der Waals surface area contributed by atoms with Crippen molar-refractivity contribution in [2.75, 3.05) is 5.32 Å². The number of para-hydroxylation sites is 1. The Hall–Kier alpha value is -3.74. The topological polar surface area (TPSA) is 81.8 Å². The third-order valence-corrected chi connectivity index (χ3v) is 4.22. The van der Waals surface area contributed by atoms with Crippen molar-refractivity contribution in [3.05, 3.63) is 77.0 Å². The second-order valence-corrected chi connectivity index (χ2v) is 6.16. The van der Waals surface area contributed by atoms with Crippen LogP contribution in [-0.4, -0.2) is 25.2 Å². The van der Waals surface area contributed by atoms with Crippen molar-refractivity contribution in [3.8, 4) is 11.4 Å². The summed E-state index contributed by atoms with van der Waals surface area (Å²) in [6, 6.07) is 16.6. The molecule has 0 saturated heterocycles. The quantitative estimate of drug-likeness (QED) is 0.610. The maximum atomic E-state index is 13.1. The van der Waals surface area contributed by atoms with Crippen LogP contribution in [0.3, 0.4) is 0 Å². The number of carbonyl (C=O) groups is 1. The van der Waals surface area contributed by atoms with Crippen LogP contribution in [0.5, 0.6) is 0 Å². The van der Waals surface area contributed by atoms with E-state index in [9.17, 15) is 9.59 Å². The second-order valence-electron chi connectivity index (χ2n) is 6.16. The van der Waals surface area contributed by atoms with Gasteiger partial charge in [0.15, 0.2) is 5.65 Å². The number of rotatable bonds is 3. The number of aromatic nitrogens is 4. The molecule has 7 nitrogen and oxygen atoms in total. The van der Waals surface area contributed by atoms with Crippen LogP contribution >= 0.6 is 0 Å². The Morgan fingerprint density at radius 2 is 1.70 bits per heavy atom. The van der Waals surface area contributed by atoms with Crippen molar-refractivity contribution in [3.63, 3.8) is 0 Å². The molecule has 0 unspecified atom stereocenters. The van der Waals surface area contributed by atoms with Gasteiger partial charge in [-0.15, -0.1) is 0 Å². The van der Waals surface area contributed by atoms with Crippen LogP contribution in [0.2, 0.25) is 0 Å². The minimum absolute atomic E-state index is 0.146. The van der Waals surface area contributed by atoms with Crippen molar-refractivity contribution in [2.24, 2.45) is 0 Å². The summed E-state index contributed by atoms with van der Waals surface area (Å²) in [5.41, 5.74) is 2.52. The van der Waals surface area contributed by atoms with Gasteiger partial charge in [-0.2, -0.15) is 5.10 Å². The van der Waals surface area contributed by atoms with E-state index in [1.54, 1.807) is 42.1 Å². The van der Waals surface area contributed by atoms with E-state index in [0.29, 0.717) is 28.2 Å². The maximum Gasteiger partial charge on any atom is 0.269 e. The van der Waals surface area contributed by atoms with E-state index in [2.05, 4.69) is 15.4 Å². The molecule has 0 fully saturated rings. The van der Waals surface area contributed by atoms with Crippen LogP contribution in [0.4, 0.5) is 5.69 Å². The van der Waals surface area contributed by atoms with Gasteiger partial charge in [0.1, 0.15) is 11.2 Å². The normalized spacial score (nSPS) is 10.9. The molecule has 2 aromatic heterocycles. The summed E-state index contributed by atoms with van der Waals surface area (Å²) in [4.78, 5) is 28.8. The predicted octanol–water partition coefficient (Wildman–Crippen LogP) is 2.84. The van der Waals surface area contributed by atoms with Gasteiger partial charge in [-0.3, -0.25) is 14.2 Å². The van der Waals surface area contributed by atoms with Gasteiger partial charge in [0, 0.05) is 12.6 Å². The molecule has 0 radical (unpaired) electrons. The molecule has 1 amide bonds. The largest absolute Gasteiger partial charge is 0.326 e. The number of anilines is 1. The molecule has 0 spiro atoms. The van der Waals surface area contributed by atoms with Crippen molar-refractivity contribution in [1.82, 2.24) is 19.3 Å². The monoisotopic (exact) mass is 359 g/mol. The lowest BCUT2D eigenvalue weighted by atomic mass is 10.2. The maximum absolute atomic E-state index is 13.1. The van der Waals surface area contributed by atoms with Crippen LogP contribution in [0.15, 0.2) is 65.6 Å². The van der Waals surface area contributed by atoms with E-state index >= 15 is 0 Å². The molecule has 0 aliphatic heterocycles. The summed E-state index contributed by atoms with van der Waals surface area (Å²) in [5.74, 6) is 0.407. The zero-order chi connectivity index (χ0) is 19.0. The Morgan fingerprint density at radius 3 is 2.37 bits per heavy atom. The average molecular weight is 359 g/mol. The number of nitrogens with one attached hydrogen (secondary N) is 1. The van der Waals surface area contributed by atoms with Crippen LogP contribution in [0, 0.1) is 6.92 Å². The molecule has 0 aliphatic rings. The Balaban J connectivity index is 1.84. The number of carbonyl (C=O) groups excluding carboxylic acids is 1. The van der Waals surface area contributed by atoms with E-state index in [4.69, 9.17) is 0 Å². The third kappa shape index (κ3) is 2.99. The summed E-state index contributed by atoms with van der Waals surface area (Å²) < 4.78 is 3.20. The number of aryl methyl sites for hydroxylation is 1. The molecule has 7 heteroatoms. The van der Waals surface area contributed by atoms with Crippen molar-refractivity contribution >= 4 is 22.6 Å². The first-order chi connectivity index (χ1) is 13.0. The molecule has 4 rings (SSSR count). The Bertz CT molecular complexity index is 1190. The zero-order valence-corrected chi connectivity index (χ0v) is 14.9.